The van der Waals surface area contributed by atoms with E-state index in [4.69, 9.17) is 16.7 Å². The Kier molecular flexibility index (Phi) is 11.6. The van der Waals surface area contributed by atoms with E-state index in [0.717, 1.165) is 47.6 Å². The van der Waals surface area contributed by atoms with Crippen molar-refractivity contribution in [3.8, 4) is 5.69 Å². The van der Waals surface area contributed by atoms with Crippen LogP contribution >= 0.6 is 11.6 Å². The lowest BCUT2D eigenvalue weighted by atomic mass is 9.98. The van der Waals surface area contributed by atoms with E-state index in [2.05, 4.69) is 24.6 Å². The summed E-state index contributed by atoms with van der Waals surface area (Å²) < 4.78 is 17.6. The molecule has 0 aliphatic carbocycles. The van der Waals surface area contributed by atoms with Gasteiger partial charge in [0, 0.05) is 31.7 Å². The zero-order valence-electron chi connectivity index (χ0n) is 30.1. The lowest BCUT2D eigenvalue weighted by Gasteiger charge is -2.29. The second-order valence-electron chi connectivity index (χ2n) is 13.3. The van der Waals surface area contributed by atoms with Gasteiger partial charge in [-0.15, -0.1) is 0 Å². The number of unbranched alkanes of at least 4 members (excludes halogenated alkanes) is 2. The van der Waals surface area contributed by atoms with Gasteiger partial charge in [-0.1, -0.05) is 86.8 Å². The number of benzene rings is 4. The monoisotopic (exact) mass is 737 g/mol. The lowest BCUT2D eigenvalue weighted by Crippen LogP contribution is -2.37. The number of carbonyl (C=O) groups is 3. The summed E-state index contributed by atoms with van der Waals surface area (Å²) in [7, 11) is -1.86. The fourth-order valence-electron chi connectivity index (χ4n) is 6.62. The van der Waals surface area contributed by atoms with Gasteiger partial charge in [0.15, 0.2) is 16.7 Å². The van der Waals surface area contributed by atoms with E-state index in [0.29, 0.717) is 48.9 Å². The van der Waals surface area contributed by atoms with Crippen LogP contribution in [0.25, 0.3) is 16.5 Å². The van der Waals surface area contributed by atoms with Gasteiger partial charge in [0.1, 0.15) is 0 Å². The van der Waals surface area contributed by atoms with Crippen molar-refractivity contribution >= 4 is 51.1 Å². The number of hydrogen-bond acceptors (Lipinski definition) is 5. The molecule has 1 atom stereocenters. The summed E-state index contributed by atoms with van der Waals surface area (Å²) in [4.78, 5) is 45.9. The summed E-state index contributed by atoms with van der Waals surface area (Å²) >= 11 is 6.83. The van der Waals surface area contributed by atoms with Gasteiger partial charge < -0.3 is 9.80 Å². The van der Waals surface area contributed by atoms with Gasteiger partial charge in [-0.25, -0.2) is 8.89 Å². The van der Waals surface area contributed by atoms with Gasteiger partial charge >= 0.3 is 0 Å². The first-order valence-electron chi connectivity index (χ1n) is 17.9. The van der Waals surface area contributed by atoms with Crippen LogP contribution in [0, 0.1) is 13.8 Å². The van der Waals surface area contributed by atoms with E-state index < -0.39 is 16.9 Å². The number of halogens is 1. The van der Waals surface area contributed by atoms with E-state index in [1.165, 1.54) is 16.3 Å². The molecule has 52 heavy (non-hydrogen) atoms. The van der Waals surface area contributed by atoms with Gasteiger partial charge in [0.25, 0.3) is 17.7 Å². The summed E-state index contributed by atoms with van der Waals surface area (Å²) in [6, 6.07) is 24.1. The Morgan fingerprint density at radius 1 is 0.904 bits per heavy atom. The van der Waals surface area contributed by atoms with Crippen molar-refractivity contribution in [2.45, 2.75) is 71.2 Å². The molecule has 2 heterocycles. The summed E-state index contributed by atoms with van der Waals surface area (Å²) in [5.41, 5.74) is 4.68. The van der Waals surface area contributed by atoms with Crippen molar-refractivity contribution in [3.05, 3.63) is 123 Å². The minimum absolute atomic E-state index is 0.125. The molecule has 270 valence electrons. The molecule has 0 fully saturated rings. The Hall–Kier alpha value is -4.80. The normalized spacial score (nSPS) is 13.1. The quantitative estimate of drug-likeness (QED) is 0.140. The van der Waals surface area contributed by atoms with Crippen LogP contribution in [0.3, 0.4) is 0 Å². The zero-order chi connectivity index (χ0) is 36.9. The van der Waals surface area contributed by atoms with Crippen LogP contribution in [0.5, 0.6) is 0 Å². The van der Waals surface area contributed by atoms with E-state index in [1.807, 2.05) is 55.5 Å². The van der Waals surface area contributed by atoms with Gasteiger partial charge in [0.05, 0.1) is 26.9 Å². The SMILES string of the molecule is CCCCN(CCCC)C(=O)c1nn(-c2ccc(C(=O)NS(=O)c3ccc4cccc(C)c4c3)cc2C(=O)N2CCc3ccccc3C2)c(C)c1Cl. The van der Waals surface area contributed by atoms with E-state index in [9.17, 15) is 18.6 Å². The minimum Gasteiger partial charge on any atom is -0.337 e. The van der Waals surface area contributed by atoms with Gasteiger partial charge in [0.2, 0.25) is 0 Å². The first-order chi connectivity index (χ1) is 25.1. The summed E-state index contributed by atoms with van der Waals surface area (Å²) in [5, 5.41) is 6.89. The number of rotatable bonds is 12. The summed E-state index contributed by atoms with van der Waals surface area (Å²) in [6.45, 7) is 10.0. The molecule has 0 radical (unpaired) electrons. The number of hydrogen-bond donors (Lipinski definition) is 1. The van der Waals surface area contributed by atoms with E-state index >= 15 is 0 Å². The van der Waals surface area contributed by atoms with Crippen LogP contribution in [0.1, 0.15) is 93.1 Å². The molecule has 5 aromatic rings. The molecule has 1 aliphatic heterocycles. The molecule has 0 saturated heterocycles. The molecule has 0 saturated carbocycles. The topological polar surface area (TPSA) is 105 Å². The largest absolute Gasteiger partial charge is 0.337 e. The maximum absolute atomic E-state index is 14.4. The average molecular weight is 738 g/mol. The number of nitrogens with one attached hydrogen (secondary N) is 1. The highest BCUT2D eigenvalue weighted by Gasteiger charge is 2.29. The third-order valence-corrected chi connectivity index (χ3v) is 11.2. The van der Waals surface area contributed by atoms with Crippen molar-refractivity contribution in [3.63, 3.8) is 0 Å². The molecule has 0 spiro atoms. The number of aryl methyl sites for hydroxylation is 1. The molecule has 6 rings (SSSR count). The van der Waals surface area contributed by atoms with Crippen LogP contribution in [-0.4, -0.2) is 61.1 Å². The smallest absolute Gasteiger partial charge is 0.275 e. The Balaban J connectivity index is 1.36. The number of aromatic nitrogens is 2. The highest BCUT2D eigenvalue weighted by atomic mass is 35.5. The highest BCUT2D eigenvalue weighted by Crippen LogP contribution is 2.29. The second-order valence-corrected chi connectivity index (χ2v) is 14.9. The fraction of sp³-hybridized carbons (Fsp3) is 0.317. The first kappa shape index (κ1) is 37.0. The molecule has 1 aliphatic rings. The Labute approximate surface area is 312 Å². The van der Waals surface area contributed by atoms with Crippen molar-refractivity contribution < 1.29 is 18.6 Å². The van der Waals surface area contributed by atoms with Crippen molar-refractivity contribution in [2.24, 2.45) is 0 Å². The Bertz CT molecular complexity index is 2170. The van der Waals surface area contributed by atoms with Crippen LogP contribution in [0.4, 0.5) is 0 Å². The molecular formula is C41H44ClN5O4S. The molecule has 9 nitrogen and oxygen atoms in total. The Morgan fingerprint density at radius 3 is 2.37 bits per heavy atom. The highest BCUT2D eigenvalue weighted by molar-refractivity contribution is 7.83. The van der Waals surface area contributed by atoms with E-state index in [-0.39, 0.29) is 33.7 Å². The minimum atomic E-state index is -1.86. The third-order valence-electron chi connectivity index (χ3n) is 9.70. The first-order valence-corrected chi connectivity index (χ1v) is 19.4. The van der Waals surface area contributed by atoms with Gasteiger partial charge in [-0.2, -0.15) is 5.10 Å². The lowest BCUT2D eigenvalue weighted by molar-refractivity contribution is 0.0732. The van der Waals surface area contributed by atoms with Gasteiger partial charge in [-0.05, 0) is 90.9 Å². The van der Waals surface area contributed by atoms with Crippen LogP contribution in [0.15, 0.2) is 83.8 Å². The molecular weight excluding hydrogens is 694 g/mol. The zero-order valence-corrected chi connectivity index (χ0v) is 31.7. The maximum atomic E-state index is 14.4. The number of fused-ring (bicyclic) bond motifs is 2. The van der Waals surface area contributed by atoms with Crippen molar-refractivity contribution in [1.29, 1.82) is 0 Å². The standard InChI is InChI=1S/C41H44ClN5O4S/c1-5-7-21-45(22-8-6-2)41(50)38-37(42)28(4)47(43-38)36-19-17-31(24-35(36)40(49)46-23-20-29-13-9-10-14-32(29)26-46)39(48)44-52(51)33-18-16-30-15-11-12-27(3)34(30)25-33/h9-19,24-25H,5-8,20-23,26H2,1-4H3,(H,44,48). The predicted octanol–water partition coefficient (Wildman–Crippen LogP) is 7.99. The van der Waals surface area contributed by atoms with Crippen molar-refractivity contribution in [1.82, 2.24) is 24.3 Å². The average Bonchev–Trinajstić information content (AvgIpc) is 3.46. The van der Waals surface area contributed by atoms with Crippen molar-refractivity contribution in [2.75, 3.05) is 19.6 Å². The third kappa shape index (κ3) is 7.68. The maximum Gasteiger partial charge on any atom is 0.275 e. The molecule has 1 aromatic heterocycles. The fourth-order valence-corrected chi connectivity index (χ4v) is 7.63. The summed E-state index contributed by atoms with van der Waals surface area (Å²) in [6.07, 6.45) is 4.30. The molecule has 1 unspecified atom stereocenters. The molecule has 1 N–H and O–H groups in total. The second kappa shape index (κ2) is 16.3. The number of carbonyl (C=O) groups excluding carboxylic acids is 3. The summed E-state index contributed by atoms with van der Waals surface area (Å²) in [5.74, 6) is -1.14. The molecule has 3 amide bonds. The molecule has 0 bridgehead atoms. The molecule has 11 heteroatoms. The van der Waals surface area contributed by atoms with Crippen LogP contribution in [-0.2, 0) is 24.0 Å². The molecule has 4 aromatic carbocycles. The van der Waals surface area contributed by atoms with E-state index in [1.54, 1.807) is 34.9 Å². The predicted molar refractivity (Wildman–Crippen MR) is 206 cm³/mol. The van der Waals surface area contributed by atoms with Crippen LogP contribution < -0.4 is 4.72 Å². The van der Waals surface area contributed by atoms with Gasteiger partial charge in [-0.3, -0.25) is 19.1 Å². The number of amides is 3. The number of nitrogens with zero attached hydrogens (tertiary/aromatic N) is 4. The van der Waals surface area contributed by atoms with Crippen LogP contribution in [0.2, 0.25) is 5.02 Å². The Morgan fingerprint density at radius 2 is 1.63 bits per heavy atom.